The zero-order valence-corrected chi connectivity index (χ0v) is 21.9. The molecule has 0 bridgehead atoms. The maximum absolute atomic E-state index is 12.4. The minimum Gasteiger partial charge on any atom is -0.493 e. The van der Waals surface area contributed by atoms with E-state index in [4.69, 9.17) is 9.47 Å². The number of fused-ring (bicyclic) bond motifs is 3. The number of rotatable bonds is 7. The quantitative estimate of drug-likeness (QED) is 0.162. The number of ether oxygens (including phenoxy) is 2. The molecule has 0 aliphatic carbocycles. The molecule has 0 saturated carbocycles. The lowest BCUT2D eigenvalue weighted by molar-refractivity contribution is -0.121. The van der Waals surface area contributed by atoms with Crippen molar-refractivity contribution in [2.75, 3.05) is 14.2 Å². The Bertz CT molecular complexity index is 1270. The summed E-state index contributed by atoms with van der Waals surface area (Å²) in [6.45, 7) is 0.568. The third-order valence-corrected chi connectivity index (χ3v) is 6.50. The van der Waals surface area contributed by atoms with Crippen LogP contribution in [0.2, 0.25) is 0 Å². The highest BCUT2D eigenvalue weighted by molar-refractivity contribution is 14.1. The van der Waals surface area contributed by atoms with Crippen molar-refractivity contribution in [2.24, 2.45) is 5.10 Å². The van der Waals surface area contributed by atoms with Gasteiger partial charge in [-0.3, -0.25) is 4.79 Å². The molecule has 8 heteroatoms. The number of amides is 1. The van der Waals surface area contributed by atoms with Crippen molar-refractivity contribution in [2.45, 2.75) is 13.0 Å². The topological polar surface area (TPSA) is 64.8 Å². The summed E-state index contributed by atoms with van der Waals surface area (Å²) in [6, 6.07) is 18.3. The molecule has 0 saturated heterocycles. The van der Waals surface area contributed by atoms with E-state index in [1.165, 1.54) is 17.9 Å². The molecule has 0 fully saturated rings. The molecule has 3 aromatic carbocycles. The Morgan fingerprint density at radius 3 is 2.16 bits per heavy atom. The van der Waals surface area contributed by atoms with Gasteiger partial charge in [0.15, 0.2) is 11.5 Å². The maximum atomic E-state index is 12.4. The molecule has 1 amide bonds. The van der Waals surface area contributed by atoms with Crippen LogP contribution in [0, 0.1) is 7.14 Å². The first-order chi connectivity index (χ1) is 15.5. The predicted molar refractivity (Wildman–Crippen MR) is 145 cm³/mol. The van der Waals surface area contributed by atoms with Crippen molar-refractivity contribution < 1.29 is 14.3 Å². The van der Waals surface area contributed by atoms with Crippen LogP contribution in [-0.2, 0) is 11.3 Å². The fourth-order valence-corrected chi connectivity index (χ4v) is 4.65. The normalized spacial score (nSPS) is 11.4. The number of carbonyl (C=O) groups excluding carboxylic acids is 1. The number of carbonyl (C=O) groups is 1. The summed E-state index contributed by atoms with van der Waals surface area (Å²) in [5.74, 6) is 1.11. The van der Waals surface area contributed by atoms with Crippen molar-refractivity contribution >= 4 is 79.1 Å². The van der Waals surface area contributed by atoms with Gasteiger partial charge >= 0.3 is 0 Å². The van der Waals surface area contributed by atoms with Gasteiger partial charge in [0.05, 0.1) is 20.4 Å². The molecule has 0 aliphatic heterocycles. The standard InChI is InChI=1S/C24H21I2N3O3/c1-31-22-8-3-15(11-23(22)32-2)14-27-28-24(30)9-10-29-20-6-4-16(25)12-18(20)19-13-17(26)5-7-21(19)29/h3-8,11-14H,9-10H2,1-2H3,(H,28,30)/b27-14+. The number of hydrazone groups is 1. The maximum Gasteiger partial charge on any atom is 0.241 e. The van der Waals surface area contributed by atoms with E-state index in [9.17, 15) is 4.79 Å². The van der Waals surface area contributed by atoms with E-state index in [1.807, 2.05) is 6.07 Å². The highest BCUT2D eigenvalue weighted by atomic mass is 127. The molecule has 32 heavy (non-hydrogen) atoms. The van der Waals surface area contributed by atoms with Crippen LogP contribution in [0.15, 0.2) is 59.7 Å². The number of aromatic nitrogens is 1. The molecule has 0 aliphatic rings. The summed E-state index contributed by atoms with van der Waals surface area (Å²) in [5.41, 5.74) is 5.67. The van der Waals surface area contributed by atoms with Gasteiger partial charge in [0.1, 0.15) is 0 Å². The zero-order valence-electron chi connectivity index (χ0n) is 17.6. The first kappa shape index (κ1) is 22.8. The molecule has 1 N–H and O–H groups in total. The number of nitrogens with zero attached hydrogens (tertiary/aromatic N) is 2. The molecule has 1 aromatic heterocycles. The highest BCUT2D eigenvalue weighted by Crippen LogP contribution is 2.31. The van der Waals surface area contributed by atoms with Gasteiger partial charge in [-0.25, -0.2) is 5.43 Å². The second kappa shape index (κ2) is 10.1. The summed E-state index contributed by atoms with van der Waals surface area (Å²) in [7, 11) is 3.17. The zero-order chi connectivity index (χ0) is 22.7. The van der Waals surface area contributed by atoms with Gasteiger partial charge in [0.25, 0.3) is 0 Å². The van der Waals surface area contributed by atoms with Crippen LogP contribution in [0.3, 0.4) is 0 Å². The average Bonchev–Trinajstić information content (AvgIpc) is 3.09. The van der Waals surface area contributed by atoms with Crippen molar-refractivity contribution in [3.63, 3.8) is 0 Å². The lowest BCUT2D eigenvalue weighted by Crippen LogP contribution is -2.19. The Morgan fingerprint density at radius 1 is 0.938 bits per heavy atom. The summed E-state index contributed by atoms with van der Waals surface area (Å²) in [5, 5.41) is 6.50. The van der Waals surface area contributed by atoms with E-state index in [0.29, 0.717) is 24.5 Å². The van der Waals surface area contributed by atoms with Gasteiger partial charge in [0.2, 0.25) is 5.91 Å². The van der Waals surface area contributed by atoms with E-state index in [1.54, 1.807) is 32.6 Å². The highest BCUT2D eigenvalue weighted by Gasteiger charge is 2.12. The van der Waals surface area contributed by atoms with Crippen LogP contribution in [-0.4, -0.2) is 30.9 Å². The van der Waals surface area contributed by atoms with Crippen LogP contribution in [0.25, 0.3) is 21.8 Å². The van der Waals surface area contributed by atoms with Crippen LogP contribution < -0.4 is 14.9 Å². The fraction of sp³-hybridized carbons (Fsp3) is 0.167. The van der Waals surface area contributed by atoms with E-state index < -0.39 is 0 Å². The smallest absolute Gasteiger partial charge is 0.241 e. The first-order valence-electron chi connectivity index (χ1n) is 9.91. The third-order valence-electron chi connectivity index (χ3n) is 5.16. The lowest BCUT2D eigenvalue weighted by Gasteiger charge is -2.08. The molecule has 1 heterocycles. The number of hydrogen-bond acceptors (Lipinski definition) is 4. The molecule has 0 unspecified atom stereocenters. The monoisotopic (exact) mass is 653 g/mol. The van der Waals surface area contributed by atoms with Crippen molar-refractivity contribution in [1.29, 1.82) is 0 Å². The van der Waals surface area contributed by atoms with E-state index in [0.717, 1.165) is 16.6 Å². The lowest BCUT2D eigenvalue weighted by atomic mass is 10.2. The average molecular weight is 653 g/mol. The molecule has 164 valence electrons. The summed E-state index contributed by atoms with van der Waals surface area (Å²) >= 11 is 4.67. The molecular formula is C24H21I2N3O3. The number of nitrogens with one attached hydrogen (secondary N) is 1. The molecule has 0 atom stereocenters. The van der Waals surface area contributed by atoms with Gasteiger partial charge < -0.3 is 14.0 Å². The largest absolute Gasteiger partial charge is 0.493 e. The molecular weight excluding hydrogens is 632 g/mol. The number of halogens is 2. The SMILES string of the molecule is COc1ccc(/C=N/NC(=O)CCn2c3ccc(I)cc3c3cc(I)ccc32)cc1OC. The molecule has 0 radical (unpaired) electrons. The van der Waals surface area contributed by atoms with Gasteiger partial charge in [-0.1, -0.05) is 0 Å². The summed E-state index contributed by atoms with van der Waals surface area (Å²) < 4.78 is 15.1. The number of benzene rings is 3. The molecule has 4 aromatic rings. The number of hydrogen-bond donors (Lipinski definition) is 1. The fourth-order valence-electron chi connectivity index (χ4n) is 3.67. The predicted octanol–water partition coefficient (Wildman–Crippen LogP) is 5.56. The number of methoxy groups -OCH3 is 2. The first-order valence-corrected chi connectivity index (χ1v) is 12.1. The Morgan fingerprint density at radius 2 is 1.56 bits per heavy atom. The summed E-state index contributed by atoms with van der Waals surface area (Å²) in [4.78, 5) is 12.4. The Hall–Kier alpha value is -2.34. The Balaban J connectivity index is 1.48. The van der Waals surface area contributed by atoms with E-state index in [2.05, 4.69) is 96.7 Å². The molecule has 6 nitrogen and oxygen atoms in total. The second-order valence-corrected chi connectivity index (χ2v) is 9.62. The van der Waals surface area contributed by atoms with Gasteiger partial charge in [-0.2, -0.15) is 5.10 Å². The third kappa shape index (κ3) is 4.85. The summed E-state index contributed by atoms with van der Waals surface area (Å²) in [6.07, 6.45) is 1.91. The van der Waals surface area contributed by atoms with Gasteiger partial charge in [0, 0.05) is 41.9 Å². The van der Waals surface area contributed by atoms with E-state index in [-0.39, 0.29) is 5.91 Å². The van der Waals surface area contributed by atoms with Crippen LogP contribution in [0.4, 0.5) is 0 Å². The Labute approximate surface area is 213 Å². The number of aryl methyl sites for hydroxylation is 1. The van der Waals surface area contributed by atoms with Crippen LogP contribution in [0.5, 0.6) is 11.5 Å². The van der Waals surface area contributed by atoms with E-state index >= 15 is 0 Å². The van der Waals surface area contributed by atoms with Crippen molar-refractivity contribution in [3.05, 3.63) is 67.3 Å². The molecule has 4 rings (SSSR count). The van der Waals surface area contributed by atoms with Crippen LogP contribution in [0.1, 0.15) is 12.0 Å². The Kier molecular flexibility index (Phi) is 7.19. The van der Waals surface area contributed by atoms with Gasteiger partial charge in [-0.05, 0) is 105 Å². The van der Waals surface area contributed by atoms with Gasteiger partial charge in [-0.15, -0.1) is 0 Å². The minimum atomic E-state index is -0.146. The minimum absolute atomic E-state index is 0.146. The second-order valence-electron chi connectivity index (χ2n) is 7.13. The van der Waals surface area contributed by atoms with Crippen molar-refractivity contribution in [3.8, 4) is 11.5 Å². The molecule has 0 spiro atoms. The van der Waals surface area contributed by atoms with Crippen LogP contribution >= 0.6 is 45.2 Å². The van der Waals surface area contributed by atoms with Crippen molar-refractivity contribution in [1.82, 2.24) is 9.99 Å².